The van der Waals surface area contributed by atoms with E-state index in [2.05, 4.69) is 22.9 Å². The van der Waals surface area contributed by atoms with Crippen LogP contribution in [0, 0.1) is 0 Å². The molecule has 0 aromatic rings. The molecule has 1 rings (SSSR count). The van der Waals surface area contributed by atoms with E-state index in [1.165, 1.54) is 25.8 Å². The van der Waals surface area contributed by atoms with Gasteiger partial charge >= 0.3 is 0 Å². The molecule has 60 valence electrons. The van der Waals surface area contributed by atoms with E-state index in [4.69, 9.17) is 0 Å². The van der Waals surface area contributed by atoms with Crippen LogP contribution in [0.1, 0.15) is 26.2 Å². The molecule has 0 spiro atoms. The lowest BCUT2D eigenvalue weighted by molar-refractivity contribution is 0.228. The van der Waals surface area contributed by atoms with E-state index in [-0.39, 0.29) is 0 Å². The summed E-state index contributed by atoms with van der Waals surface area (Å²) in [5.74, 6) is 0. The van der Waals surface area contributed by atoms with Gasteiger partial charge in [0.15, 0.2) is 0 Å². The number of hydrogen-bond acceptors (Lipinski definition) is 3. The Morgan fingerprint density at radius 2 is 2.30 bits per heavy atom. The van der Waals surface area contributed by atoms with E-state index in [0.717, 1.165) is 13.1 Å². The van der Waals surface area contributed by atoms with Crippen molar-refractivity contribution >= 4 is 0 Å². The van der Waals surface area contributed by atoms with Crippen LogP contribution in [-0.2, 0) is 0 Å². The minimum absolute atomic E-state index is 1.08. The maximum absolute atomic E-state index is 3.10. The number of nitrogens with zero attached hydrogens (tertiary/aromatic N) is 1. The third-order valence-corrected chi connectivity index (χ3v) is 1.78. The van der Waals surface area contributed by atoms with E-state index in [1.807, 2.05) is 0 Å². The Bertz CT molecular complexity index is 78.9. The highest BCUT2D eigenvalue weighted by Crippen LogP contribution is 1.96. The third kappa shape index (κ3) is 2.64. The number of rotatable bonds is 4. The van der Waals surface area contributed by atoms with Crippen LogP contribution in [0.5, 0.6) is 0 Å². The summed E-state index contributed by atoms with van der Waals surface area (Å²) in [6.45, 7) is 5.63. The Morgan fingerprint density at radius 3 is 2.90 bits per heavy atom. The summed E-state index contributed by atoms with van der Waals surface area (Å²) >= 11 is 0. The highest BCUT2D eigenvalue weighted by Gasteiger charge is 2.07. The molecule has 10 heavy (non-hydrogen) atoms. The number of nitrogens with one attached hydrogen (secondary N) is 2. The quantitative estimate of drug-likeness (QED) is 0.561. The van der Waals surface area contributed by atoms with Crippen LogP contribution in [0.15, 0.2) is 0 Å². The smallest absolute Gasteiger partial charge is 0.0284 e. The molecule has 1 fully saturated rings. The average Bonchev–Trinajstić information content (AvgIpc) is 2.41. The molecule has 0 unspecified atom stereocenters. The van der Waals surface area contributed by atoms with Gasteiger partial charge < -0.3 is 0 Å². The van der Waals surface area contributed by atoms with Crippen molar-refractivity contribution in [1.82, 2.24) is 16.0 Å². The Labute approximate surface area is 62.7 Å². The largest absolute Gasteiger partial charge is 0.243 e. The normalized spacial score (nSPS) is 20.1. The van der Waals surface area contributed by atoms with Crippen LogP contribution in [0.3, 0.4) is 0 Å². The van der Waals surface area contributed by atoms with Crippen molar-refractivity contribution in [2.75, 3.05) is 19.6 Å². The third-order valence-electron chi connectivity index (χ3n) is 1.78. The van der Waals surface area contributed by atoms with Crippen LogP contribution < -0.4 is 11.0 Å². The number of hydrazine groups is 2. The first-order valence-electron chi connectivity index (χ1n) is 4.17. The second-order valence-corrected chi connectivity index (χ2v) is 2.73. The molecular formula is C7H17N3. The molecule has 1 saturated heterocycles. The molecule has 0 amide bonds. The first kappa shape index (κ1) is 7.98. The zero-order valence-corrected chi connectivity index (χ0v) is 6.69. The fourth-order valence-corrected chi connectivity index (χ4v) is 1.13. The summed E-state index contributed by atoms with van der Waals surface area (Å²) in [7, 11) is 0. The van der Waals surface area contributed by atoms with E-state index in [1.54, 1.807) is 0 Å². The molecule has 1 aliphatic rings. The Balaban J connectivity index is 1.91. The van der Waals surface area contributed by atoms with Gasteiger partial charge in [-0.05, 0) is 6.42 Å². The Morgan fingerprint density at radius 1 is 1.40 bits per heavy atom. The number of hydrogen-bond donors (Lipinski definition) is 2. The standard InChI is InChI=1S/C7H17N3/c1-2-3-4-6-10-7-5-8-9-10/h8-9H,2-7H2,1H3. The average molecular weight is 143 g/mol. The van der Waals surface area contributed by atoms with Crippen LogP contribution in [-0.4, -0.2) is 24.6 Å². The van der Waals surface area contributed by atoms with E-state index in [0.29, 0.717) is 0 Å². The summed E-state index contributed by atoms with van der Waals surface area (Å²) < 4.78 is 0. The monoisotopic (exact) mass is 143 g/mol. The molecule has 0 radical (unpaired) electrons. The molecule has 2 N–H and O–H groups in total. The van der Waals surface area contributed by atoms with Crippen LogP contribution in [0.2, 0.25) is 0 Å². The molecule has 0 aliphatic carbocycles. The van der Waals surface area contributed by atoms with Gasteiger partial charge in [0.05, 0.1) is 0 Å². The summed E-state index contributed by atoms with van der Waals surface area (Å²) in [6, 6.07) is 0. The van der Waals surface area contributed by atoms with Crippen molar-refractivity contribution < 1.29 is 0 Å². The van der Waals surface area contributed by atoms with Gasteiger partial charge in [-0.3, -0.25) is 0 Å². The lowest BCUT2D eigenvalue weighted by atomic mass is 10.2. The van der Waals surface area contributed by atoms with Crippen molar-refractivity contribution in [2.24, 2.45) is 0 Å². The first-order valence-corrected chi connectivity index (χ1v) is 4.17. The van der Waals surface area contributed by atoms with Gasteiger partial charge in [-0.25, -0.2) is 10.4 Å². The summed E-state index contributed by atoms with van der Waals surface area (Å²) in [6.07, 6.45) is 3.96. The Kier molecular flexibility index (Phi) is 3.72. The highest BCUT2D eigenvalue weighted by atomic mass is 15.7. The maximum Gasteiger partial charge on any atom is 0.0284 e. The molecule has 0 bridgehead atoms. The van der Waals surface area contributed by atoms with Gasteiger partial charge in [0.25, 0.3) is 0 Å². The van der Waals surface area contributed by atoms with Gasteiger partial charge in [-0.2, -0.15) is 5.53 Å². The lowest BCUT2D eigenvalue weighted by Gasteiger charge is -2.12. The molecule has 0 aromatic heterocycles. The zero-order valence-electron chi connectivity index (χ0n) is 6.69. The predicted octanol–water partition coefficient (Wildman–Crippen LogP) is 0.501. The fourth-order valence-electron chi connectivity index (χ4n) is 1.13. The predicted molar refractivity (Wildman–Crippen MR) is 42.2 cm³/mol. The molecular weight excluding hydrogens is 126 g/mol. The van der Waals surface area contributed by atoms with Crippen molar-refractivity contribution in [1.29, 1.82) is 0 Å². The summed E-state index contributed by atoms with van der Waals surface area (Å²) in [4.78, 5) is 0. The molecule has 3 heteroatoms. The van der Waals surface area contributed by atoms with E-state index in [9.17, 15) is 0 Å². The second-order valence-electron chi connectivity index (χ2n) is 2.73. The first-order chi connectivity index (χ1) is 4.93. The van der Waals surface area contributed by atoms with Crippen molar-refractivity contribution in [3.8, 4) is 0 Å². The lowest BCUT2D eigenvalue weighted by Crippen LogP contribution is -2.36. The Hall–Kier alpha value is -0.120. The van der Waals surface area contributed by atoms with E-state index < -0.39 is 0 Å². The molecule has 1 aliphatic heterocycles. The van der Waals surface area contributed by atoms with Crippen molar-refractivity contribution in [2.45, 2.75) is 26.2 Å². The highest BCUT2D eigenvalue weighted by molar-refractivity contribution is 4.58. The fraction of sp³-hybridized carbons (Fsp3) is 1.00. The van der Waals surface area contributed by atoms with Crippen molar-refractivity contribution in [3.63, 3.8) is 0 Å². The van der Waals surface area contributed by atoms with Crippen LogP contribution >= 0.6 is 0 Å². The van der Waals surface area contributed by atoms with E-state index >= 15 is 0 Å². The minimum atomic E-state index is 1.08. The van der Waals surface area contributed by atoms with Gasteiger partial charge in [0.2, 0.25) is 0 Å². The second kappa shape index (κ2) is 4.66. The van der Waals surface area contributed by atoms with Crippen molar-refractivity contribution in [3.05, 3.63) is 0 Å². The molecule has 1 heterocycles. The zero-order chi connectivity index (χ0) is 7.23. The SMILES string of the molecule is CCCCCN1CCNN1. The van der Waals surface area contributed by atoms with Gasteiger partial charge in [0, 0.05) is 19.6 Å². The topological polar surface area (TPSA) is 27.3 Å². The number of unbranched alkanes of at least 4 members (excludes halogenated alkanes) is 2. The maximum atomic E-state index is 3.10. The van der Waals surface area contributed by atoms with Crippen LogP contribution in [0.25, 0.3) is 0 Å². The van der Waals surface area contributed by atoms with Gasteiger partial charge in [0.1, 0.15) is 0 Å². The van der Waals surface area contributed by atoms with Gasteiger partial charge in [-0.1, -0.05) is 19.8 Å². The summed E-state index contributed by atoms with van der Waals surface area (Å²) in [5, 5.41) is 2.23. The minimum Gasteiger partial charge on any atom is -0.243 e. The van der Waals surface area contributed by atoms with Crippen LogP contribution in [0.4, 0.5) is 0 Å². The molecule has 3 nitrogen and oxygen atoms in total. The molecule has 0 saturated carbocycles. The van der Waals surface area contributed by atoms with Gasteiger partial charge in [-0.15, -0.1) is 0 Å². The molecule has 0 atom stereocenters. The molecule has 0 aromatic carbocycles. The summed E-state index contributed by atoms with van der Waals surface area (Å²) in [5.41, 5.74) is 6.17.